The number of benzene rings is 2. The molecule has 2 aromatic heterocycles. The largest absolute Gasteiger partial charge is 0.497 e. The molecule has 0 amide bonds. The van der Waals surface area contributed by atoms with E-state index in [-0.39, 0.29) is 0 Å². The van der Waals surface area contributed by atoms with Crippen molar-refractivity contribution in [3.63, 3.8) is 0 Å². The first-order chi connectivity index (χ1) is 23.0. The van der Waals surface area contributed by atoms with Gasteiger partial charge in [-0.05, 0) is 67.1 Å². The van der Waals surface area contributed by atoms with E-state index in [2.05, 4.69) is 76.7 Å². The third kappa shape index (κ3) is 8.16. The molecule has 0 bridgehead atoms. The van der Waals surface area contributed by atoms with Crippen molar-refractivity contribution in [2.45, 2.75) is 25.4 Å². The Morgan fingerprint density at radius 3 is 2.47 bits per heavy atom. The minimum absolute atomic E-state index is 0.323. The second-order valence-electron chi connectivity index (χ2n) is 12.1. The summed E-state index contributed by atoms with van der Waals surface area (Å²) in [5.41, 5.74) is 11.4. The standard InChI is InChI=1S/C35H45ClN10O/c1-38-31(11-14-37)39-15-18-44-19-21-46(22-20-44)28-7-5-26(6-8-28)34-42-33-32(30(36)23-40-35(33)43-34)41-27-12-16-45(17-13-27)24-25-3-9-29(47-2)10-4-25/h3-11,14,23,27H,12-13,15-22,24,37H2,1-2H3,(H,38,39)(H2,40,41,42,43). The van der Waals surface area contributed by atoms with E-state index >= 15 is 0 Å². The number of aromatic nitrogens is 3. The van der Waals surface area contributed by atoms with Gasteiger partial charge in [0.15, 0.2) is 5.65 Å². The summed E-state index contributed by atoms with van der Waals surface area (Å²) in [5.74, 6) is 2.48. The van der Waals surface area contributed by atoms with Crippen LogP contribution >= 0.6 is 11.6 Å². The molecule has 0 spiro atoms. The van der Waals surface area contributed by atoms with Gasteiger partial charge in [-0.1, -0.05) is 23.7 Å². The molecule has 2 aliphatic heterocycles. The number of piperazine rings is 1. The summed E-state index contributed by atoms with van der Waals surface area (Å²) in [7, 11) is 3.46. The second-order valence-corrected chi connectivity index (χ2v) is 12.5. The molecule has 11 nitrogen and oxygen atoms in total. The summed E-state index contributed by atoms with van der Waals surface area (Å²) in [4.78, 5) is 24.5. The van der Waals surface area contributed by atoms with Crippen molar-refractivity contribution in [3.05, 3.63) is 77.6 Å². The van der Waals surface area contributed by atoms with Gasteiger partial charge in [0.2, 0.25) is 0 Å². The van der Waals surface area contributed by atoms with Crippen LogP contribution in [-0.2, 0) is 6.54 Å². The fourth-order valence-electron chi connectivity index (χ4n) is 6.35. The summed E-state index contributed by atoms with van der Waals surface area (Å²) in [5, 5.41) is 7.65. The first-order valence-electron chi connectivity index (χ1n) is 16.4. The first kappa shape index (κ1) is 32.6. The zero-order valence-corrected chi connectivity index (χ0v) is 28.0. The molecule has 0 atom stereocenters. The predicted molar refractivity (Wildman–Crippen MR) is 193 cm³/mol. The number of nitrogens with two attached hydrogens (primary N) is 1. The number of hydrogen-bond acceptors (Lipinski definition) is 9. The molecule has 47 heavy (non-hydrogen) atoms. The molecule has 12 heteroatoms. The Kier molecular flexibility index (Phi) is 10.8. The van der Waals surface area contributed by atoms with Crippen LogP contribution in [0.25, 0.3) is 22.6 Å². The fraction of sp³-hybridized carbons (Fsp3) is 0.400. The average molecular weight is 657 g/mol. The predicted octanol–water partition coefficient (Wildman–Crippen LogP) is 4.58. The Morgan fingerprint density at radius 1 is 1.04 bits per heavy atom. The number of imidazole rings is 1. The number of pyridine rings is 1. The number of aromatic amines is 1. The van der Waals surface area contributed by atoms with Gasteiger partial charge in [0.1, 0.15) is 22.9 Å². The highest BCUT2D eigenvalue weighted by Crippen LogP contribution is 2.33. The Balaban J connectivity index is 1.03. The van der Waals surface area contributed by atoms with Gasteiger partial charge in [0, 0.05) is 83.2 Å². The Labute approximate surface area is 281 Å². The van der Waals surface area contributed by atoms with Gasteiger partial charge in [0.25, 0.3) is 0 Å². The van der Waals surface area contributed by atoms with E-state index in [1.54, 1.807) is 26.4 Å². The molecule has 0 saturated carbocycles. The smallest absolute Gasteiger partial charge is 0.180 e. The molecule has 6 rings (SSSR count). The summed E-state index contributed by atoms with van der Waals surface area (Å²) in [6.07, 6.45) is 7.05. The maximum atomic E-state index is 6.70. The van der Waals surface area contributed by atoms with Crippen molar-refractivity contribution in [3.8, 4) is 17.1 Å². The van der Waals surface area contributed by atoms with Crippen molar-refractivity contribution in [2.75, 3.05) is 76.7 Å². The van der Waals surface area contributed by atoms with E-state index in [1.807, 2.05) is 12.1 Å². The minimum Gasteiger partial charge on any atom is -0.497 e. The molecule has 0 radical (unpaired) electrons. The summed E-state index contributed by atoms with van der Waals surface area (Å²) >= 11 is 6.70. The van der Waals surface area contributed by atoms with Crippen LogP contribution < -0.4 is 26.0 Å². The number of likely N-dealkylation sites (tertiary alicyclic amines) is 1. The van der Waals surface area contributed by atoms with E-state index in [9.17, 15) is 0 Å². The number of rotatable bonds is 11. The summed E-state index contributed by atoms with van der Waals surface area (Å²) < 4.78 is 5.29. The number of halogens is 1. The van der Waals surface area contributed by atoms with Gasteiger partial charge in [0.05, 0.1) is 24.0 Å². The number of amidine groups is 1. The number of fused-ring (bicyclic) bond motifs is 1. The number of nitrogens with one attached hydrogen (secondary N) is 3. The maximum Gasteiger partial charge on any atom is 0.180 e. The average Bonchev–Trinajstić information content (AvgIpc) is 3.55. The lowest BCUT2D eigenvalue weighted by molar-refractivity contribution is 0.211. The lowest BCUT2D eigenvalue weighted by atomic mass is 10.0. The highest BCUT2D eigenvalue weighted by molar-refractivity contribution is 6.34. The number of methoxy groups -OCH3 is 1. The lowest BCUT2D eigenvalue weighted by Gasteiger charge is -2.36. The van der Waals surface area contributed by atoms with E-state index in [4.69, 9.17) is 27.1 Å². The molecule has 2 fully saturated rings. The van der Waals surface area contributed by atoms with E-state index in [1.165, 1.54) is 17.5 Å². The van der Waals surface area contributed by atoms with Crippen LogP contribution in [-0.4, -0.2) is 103 Å². The molecule has 0 aliphatic carbocycles. The normalized spacial score (nSPS) is 17.1. The van der Waals surface area contributed by atoms with E-state index in [0.717, 1.165) is 106 Å². The quantitative estimate of drug-likeness (QED) is 0.136. The Bertz CT molecular complexity index is 1650. The lowest BCUT2D eigenvalue weighted by Crippen LogP contribution is -2.48. The zero-order chi connectivity index (χ0) is 32.6. The van der Waals surface area contributed by atoms with Crippen LogP contribution in [0, 0.1) is 0 Å². The molecule has 4 heterocycles. The van der Waals surface area contributed by atoms with Crippen molar-refractivity contribution in [2.24, 2.45) is 10.7 Å². The van der Waals surface area contributed by atoms with Crippen LogP contribution in [0.4, 0.5) is 11.4 Å². The molecule has 0 unspecified atom stereocenters. The van der Waals surface area contributed by atoms with Gasteiger partial charge >= 0.3 is 0 Å². The highest BCUT2D eigenvalue weighted by atomic mass is 35.5. The molecular formula is C35H45ClN10O. The van der Waals surface area contributed by atoms with Crippen molar-refractivity contribution in [1.29, 1.82) is 0 Å². The maximum absolute atomic E-state index is 6.70. The van der Waals surface area contributed by atoms with Crippen LogP contribution in [0.2, 0.25) is 5.02 Å². The molecule has 2 aromatic carbocycles. The summed E-state index contributed by atoms with van der Waals surface area (Å²) in [6.45, 7) is 8.79. The Hall–Kier alpha value is -4.32. The van der Waals surface area contributed by atoms with Gasteiger partial charge in [-0.15, -0.1) is 0 Å². The fourth-order valence-corrected chi connectivity index (χ4v) is 6.54. The van der Waals surface area contributed by atoms with Gasteiger partial charge in [-0.3, -0.25) is 14.8 Å². The van der Waals surface area contributed by atoms with Crippen LogP contribution in [0.3, 0.4) is 0 Å². The van der Waals surface area contributed by atoms with Gasteiger partial charge in [-0.2, -0.15) is 0 Å². The molecule has 4 aromatic rings. The topological polar surface area (TPSA) is 123 Å². The second kappa shape index (κ2) is 15.5. The number of aliphatic imine (C=N–C) groups is 1. The molecule has 2 aliphatic rings. The third-order valence-corrected chi connectivity index (χ3v) is 9.37. The number of H-pyrrole nitrogens is 1. The van der Waals surface area contributed by atoms with E-state index < -0.39 is 0 Å². The van der Waals surface area contributed by atoms with Gasteiger partial charge in [-0.25, -0.2) is 9.97 Å². The first-order valence-corrected chi connectivity index (χ1v) is 16.7. The zero-order valence-electron chi connectivity index (χ0n) is 27.3. The van der Waals surface area contributed by atoms with Crippen LogP contribution in [0.5, 0.6) is 5.75 Å². The molecular weight excluding hydrogens is 612 g/mol. The van der Waals surface area contributed by atoms with Crippen molar-refractivity contribution >= 4 is 40.0 Å². The number of piperidine rings is 1. The highest BCUT2D eigenvalue weighted by Gasteiger charge is 2.23. The Morgan fingerprint density at radius 2 is 1.79 bits per heavy atom. The minimum atomic E-state index is 0.323. The van der Waals surface area contributed by atoms with Crippen LogP contribution in [0.15, 0.2) is 72.0 Å². The molecule has 248 valence electrons. The number of ether oxygens (including phenoxy) is 1. The van der Waals surface area contributed by atoms with Crippen molar-refractivity contribution < 1.29 is 4.74 Å². The van der Waals surface area contributed by atoms with Crippen molar-refractivity contribution in [1.82, 2.24) is 30.1 Å². The number of anilines is 2. The number of hydrogen-bond donors (Lipinski definition) is 4. The number of nitrogens with zero attached hydrogens (tertiary/aromatic N) is 6. The van der Waals surface area contributed by atoms with Gasteiger partial charge < -0.3 is 31.0 Å². The summed E-state index contributed by atoms with van der Waals surface area (Å²) in [6, 6.07) is 17.3. The SMILES string of the molecule is CN=C(C=CN)NCCN1CCN(c2ccc(-c3nc4ncc(Cl)c(NC5CCN(Cc6ccc(OC)cc6)CC5)c4[nH]3)cc2)CC1. The van der Waals surface area contributed by atoms with Crippen LogP contribution in [0.1, 0.15) is 18.4 Å². The third-order valence-electron chi connectivity index (χ3n) is 9.08. The van der Waals surface area contributed by atoms with E-state index in [0.29, 0.717) is 16.7 Å². The molecule has 5 N–H and O–H groups in total. The molecule has 2 saturated heterocycles. The monoisotopic (exact) mass is 656 g/mol.